The van der Waals surface area contributed by atoms with E-state index in [4.69, 9.17) is 15.2 Å². The van der Waals surface area contributed by atoms with Crippen LogP contribution in [0.3, 0.4) is 0 Å². The Morgan fingerprint density at radius 2 is 1.76 bits per heavy atom. The molecule has 4 rings (SSSR count). The van der Waals surface area contributed by atoms with Crippen molar-refractivity contribution < 1.29 is 19.1 Å². The third kappa shape index (κ3) is 5.64. The number of hydrogen-bond donors (Lipinski definition) is 1. The molecule has 0 radical (unpaired) electrons. The molecule has 0 unspecified atom stereocenters. The van der Waals surface area contributed by atoms with Gasteiger partial charge in [-0.2, -0.15) is 4.98 Å². The molecule has 1 aliphatic rings. The Morgan fingerprint density at radius 3 is 2.39 bits per heavy atom. The maximum Gasteiger partial charge on any atom is 0.263 e. The lowest BCUT2D eigenvalue weighted by molar-refractivity contribution is 0.0999. The number of ether oxygens (including phenoxy) is 2. The average Bonchev–Trinajstić information content (AvgIpc) is 2.84. The van der Waals surface area contributed by atoms with Crippen LogP contribution in [-0.4, -0.2) is 60.3 Å². The normalized spacial score (nSPS) is 14.0. The van der Waals surface area contributed by atoms with E-state index in [1.54, 1.807) is 42.6 Å². The van der Waals surface area contributed by atoms with E-state index in [0.29, 0.717) is 34.5 Å². The van der Waals surface area contributed by atoms with Crippen molar-refractivity contribution in [2.24, 2.45) is 5.73 Å². The lowest BCUT2D eigenvalue weighted by Gasteiger charge is -2.32. The number of aromatic nitrogens is 2. The number of nitrogens with two attached hydrogens (primary N) is 1. The van der Waals surface area contributed by atoms with E-state index >= 15 is 0 Å². The lowest BCUT2D eigenvalue weighted by atomic mass is 10.2. The highest BCUT2D eigenvalue weighted by atomic mass is 16.5. The predicted molar refractivity (Wildman–Crippen MR) is 123 cm³/mol. The first-order valence-electron chi connectivity index (χ1n) is 10.6. The first-order chi connectivity index (χ1) is 16.0. The van der Waals surface area contributed by atoms with Crippen LogP contribution >= 0.6 is 0 Å². The first-order valence-corrected chi connectivity index (χ1v) is 10.6. The minimum atomic E-state index is -0.508. The Labute approximate surface area is 191 Å². The van der Waals surface area contributed by atoms with Crippen molar-refractivity contribution in [3.8, 4) is 17.4 Å². The van der Waals surface area contributed by atoms with Gasteiger partial charge in [-0.1, -0.05) is 24.3 Å². The number of aldehydes is 1. The molecule has 0 saturated carbocycles. The largest absolute Gasteiger partial charge is 0.470 e. The van der Waals surface area contributed by atoms with Crippen LogP contribution in [0.15, 0.2) is 54.7 Å². The second kappa shape index (κ2) is 10.1. The van der Waals surface area contributed by atoms with Crippen LogP contribution in [0.1, 0.15) is 26.3 Å². The number of likely N-dealkylation sites (N-methyl/N-ethyl adjacent to an activating group) is 1. The maximum atomic E-state index is 11.3. The van der Waals surface area contributed by atoms with Gasteiger partial charge in [0.1, 0.15) is 18.6 Å². The minimum Gasteiger partial charge on any atom is -0.470 e. The van der Waals surface area contributed by atoms with Gasteiger partial charge in [-0.15, -0.1) is 0 Å². The molecule has 9 heteroatoms. The van der Waals surface area contributed by atoms with Gasteiger partial charge >= 0.3 is 0 Å². The fourth-order valence-corrected chi connectivity index (χ4v) is 3.34. The van der Waals surface area contributed by atoms with Gasteiger partial charge in [0, 0.05) is 37.3 Å². The van der Waals surface area contributed by atoms with Crippen molar-refractivity contribution >= 4 is 18.1 Å². The fraction of sp³-hybridized carbons (Fsp3) is 0.250. The molecule has 33 heavy (non-hydrogen) atoms. The number of piperazine rings is 1. The molecule has 2 aromatic carbocycles. The van der Waals surface area contributed by atoms with Gasteiger partial charge in [0.05, 0.1) is 6.20 Å². The van der Waals surface area contributed by atoms with Crippen molar-refractivity contribution in [2.45, 2.75) is 6.61 Å². The van der Waals surface area contributed by atoms with Crippen LogP contribution in [0.25, 0.3) is 0 Å². The number of amides is 1. The summed E-state index contributed by atoms with van der Waals surface area (Å²) in [5, 5.41) is 0. The number of benzene rings is 2. The van der Waals surface area contributed by atoms with E-state index in [-0.39, 0.29) is 6.61 Å². The Hall–Kier alpha value is -3.98. The predicted octanol–water partition coefficient (Wildman–Crippen LogP) is 2.51. The van der Waals surface area contributed by atoms with E-state index in [1.165, 1.54) is 0 Å². The van der Waals surface area contributed by atoms with Crippen molar-refractivity contribution in [2.75, 3.05) is 38.1 Å². The zero-order valence-electron chi connectivity index (χ0n) is 18.3. The molecule has 1 saturated heterocycles. The standard InChI is InChI=1S/C24H25N5O4/c1-28-10-12-29(13-11-28)24-26-14-21(33-20-8-6-19(7-9-20)22(25)31)23(27-24)32-16-18-4-2-17(15-30)3-5-18/h2-9,14-15H,10-13,16H2,1H3,(H2,25,31). The van der Waals surface area contributed by atoms with E-state index in [2.05, 4.69) is 26.8 Å². The zero-order chi connectivity index (χ0) is 23.2. The molecule has 0 spiro atoms. The summed E-state index contributed by atoms with van der Waals surface area (Å²) in [5.41, 5.74) is 7.18. The Morgan fingerprint density at radius 1 is 1.06 bits per heavy atom. The lowest BCUT2D eigenvalue weighted by Crippen LogP contribution is -2.45. The highest BCUT2D eigenvalue weighted by Crippen LogP contribution is 2.31. The van der Waals surface area contributed by atoms with Gasteiger partial charge in [0.25, 0.3) is 5.88 Å². The molecule has 1 aliphatic heterocycles. The van der Waals surface area contributed by atoms with Crippen molar-refractivity contribution in [3.63, 3.8) is 0 Å². The summed E-state index contributed by atoms with van der Waals surface area (Å²) in [7, 11) is 2.09. The summed E-state index contributed by atoms with van der Waals surface area (Å²) in [4.78, 5) is 35.7. The summed E-state index contributed by atoms with van der Waals surface area (Å²) in [6.07, 6.45) is 2.39. The van der Waals surface area contributed by atoms with Crippen LogP contribution in [0.5, 0.6) is 17.4 Å². The first kappa shape index (κ1) is 22.2. The molecular weight excluding hydrogens is 422 g/mol. The third-order valence-corrected chi connectivity index (χ3v) is 5.35. The molecule has 3 aromatic rings. The van der Waals surface area contributed by atoms with Gasteiger partial charge in [-0.05, 0) is 36.9 Å². The fourth-order valence-electron chi connectivity index (χ4n) is 3.34. The number of hydrogen-bond acceptors (Lipinski definition) is 8. The van der Waals surface area contributed by atoms with Crippen molar-refractivity contribution in [1.82, 2.24) is 14.9 Å². The topological polar surface area (TPSA) is 111 Å². The molecule has 1 amide bonds. The molecule has 0 bridgehead atoms. The summed E-state index contributed by atoms with van der Waals surface area (Å²) < 4.78 is 12.0. The molecule has 170 valence electrons. The summed E-state index contributed by atoms with van der Waals surface area (Å²) in [5.74, 6) is 1.22. The zero-order valence-corrected chi connectivity index (χ0v) is 18.3. The highest BCUT2D eigenvalue weighted by molar-refractivity contribution is 5.92. The SMILES string of the molecule is CN1CCN(c2ncc(Oc3ccc(C(N)=O)cc3)c(OCc3ccc(C=O)cc3)n2)CC1. The van der Waals surface area contributed by atoms with E-state index < -0.39 is 5.91 Å². The molecule has 1 fully saturated rings. The van der Waals surface area contributed by atoms with Crippen LogP contribution in [0.4, 0.5) is 5.95 Å². The monoisotopic (exact) mass is 447 g/mol. The number of carbonyl (C=O) groups excluding carboxylic acids is 2. The quantitative estimate of drug-likeness (QED) is 0.525. The number of carbonyl (C=O) groups is 2. The molecule has 2 heterocycles. The molecule has 1 aromatic heterocycles. The highest BCUT2D eigenvalue weighted by Gasteiger charge is 2.19. The van der Waals surface area contributed by atoms with Gasteiger partial charge in [-0.25, -0.2) is 4.98 Å². The van der Waals surface area contributed by atoms with Crippen LogP contribution in [0.2, 0.25) is 0 Å². The summed E-state index contributed by atoms with van der Waals surface area (Å²) >= 11 is 0. The van der Waals surface area contributed by atoms with Crippen molar-refractivity contribution in [3.05, 3.63) is 71.4 Å². The van der Waals surface area contributed by atoms with Gasteiger partial charge in [-0.3, -0.25) is 9.59 Å². The Bertz CT molecular complexity index is 1110. The Balaban J connectivity index is 1.56. The smallest absolute Gasteiger partial charge is 0.263 e. The van der Waals surface area contributed by atoms with Crippen LogP contribution in [-0.2, 0) is 6.61 Å². The number of nitrogens with zero attached hydrogens (tertiary/aromatic N) is 4. The average molecular weight is 447 g/mol. The molecule has 9 nitrogen and oxygen atoms in total. The van der Waals surface area contributed by atoms with E-state index in [0.717, 1.165) is 38.0 Å². The number of rotatable bonds is 8. The van der Waals surface area contributed by atoms with Gasteiger partial charge in [0.15, 0.2) is 0 Å². The molecule has 2 N–H and O–H groups in total. The third-order valence-electron chi connectivity index (χ3n) is 5.35. The molecule has 0 aliphatic carbocycles. The van der Waals surface area contributed by atoms with Crippen LogP contribution < -0.4 is 20.1 Å². The minimum absolute atomic E-state index is 0.245. The summed E-state index contributed by atoms with van der Waals surface area (Å²) in [6, 6.07) is 13.6. The Kier molecular flexibility index (Phi) is 6.80. The van der Waals surface area contributed by atoms with E-state index in [9.17, 15) is 9.59 Å². The van der Waals surface area contributed by atoms with Crippen LogP contribution in [0, 0.1) is 0 Å². The molecule has 0 atom stereocenters. The van der Waals surface area contributed by atoms with Crippen molar-refractivity contribution in [1.29, 1.82) is 0 Å². The summed E-state index contributed by atoms with van der Waals surface area (Å²) in [6.45, 7) is 3.73. The molecular formula is C24H25N5O4. The maximum absolute atomic E-state index is 11.3. The number of primary amides is 1. The van der Waals surface area contributed by atoms with Gasteiger partial charge < -0.3 is 25.0 Å². The van der Waals surface area contributed by atoms with Gasteiger partial charge in [0.2, 0.25) is 17.6 Å². The second-order valence-electron chi connectivity index (χ2n) is 7.77. The van der Waals surface area contributed by atoms with E-state index in [1.807, 2.05) is 12.1 Å². The second-order valence-corrected chi connectivity index (χ2v) is 7.77. The number of anilines is 1.